The second kappa shape index (κ2) is 6.14. The molecular formula is C16H22O2. The van der Waals surface area contributed by atoms with Crippen LogP contribution in [0.25, 0.3) is 0 Å². The van der Waals surface area contributed by atoms with Crippen LogP contribution in [0.1, 0.15) is 38.7 Å². The average Bonchev–Trinajstić information content (AvgIpc) is 2.37. The van der Waals surface area contributed by atoms with E-state index in [0.29, 0.717) is 5.78 Å². The van der Waals surface area contributed by atoms with Crippen LogP contribution >= 0.6 is 0 Å². The van der Waals surface area contributed by atoms with Crippen LogP contribution in [0.5, 0.6) is 0 Å². The van der Waals surface area contributed by atoms with Gasteiger partial charge in [-0.05, 0) is 45.1 Å². The minimum absolute atomic E-state index is 0.203. The lowest BCUT2D eigenvalue weighted by Crippen LogP contribution is -2.34. The molecule has 1 aromatic carbocycles. The molecule has 1 fully saturated rings. The van der Waals surface area contributed by atoms with Gasteiger partial charge in [-0.3, -0.25) is 4.79 Å². The molecule has 0 unspecified atom stereocenters. The van der Waals surface area contributed by atoms with Gasteiger partial charge < -0.3 is 4.74 Å². The summed E-state index contributed by atoms with van der Waals surface area (Å²) < 4.78 is 5.94. The van der Waals surface area contributed by atoms with Crippen LogP contribution in [0.15, 0.2) is 30.3 Å². The lowest BCUT2D eigenvalue weighted by Gasteiger charge is -2.32. The molecule has 0 aromatic heterocycles. The summed E-state index contributed by atoms with van der Waals surface area (Å²) in [5.41, 5.74) is 1.35. The van der Waals surface area contributed by atoms with Crippen molar-refractivity contribution in [2.45, 2.75) is 51.7 Å². The zero-order valence-electron chi connectivity index (χ0n) is 11.3. The zero-order valence-corrected chi connectivity index (χ0v) is 11.3. The molecule has 18 heavy (non-hydrogen) atoms. The van der Waals surface area contributed by atoms with Gasteiger partial charge in [0.15, 0.2) is 0 Å². The number of carbonyl (C=O) groups is 1. The van der Waals surface area contributed by atoms with Gasteiger partial charge in [0.1, 0.15) is 5.78 Å². The highest BCUT2D eigenvalue weighted by atomic mass is 16.5. The predicted molar refractivity (Wildman–Crippen MR) is 72.5 cm³/mol. The third-order valence-corrected chi connectivity index (χ3v) is 3.76. The lowest BCUT2D eigenvalue weighted by molar-refractivity contribution is -0.130. The number of hydrogen-bond acceptors (Lipinski definition) is 2. The molecule has 0 spiro atoms. The van der Waals surface area contributed by atoms with Crippen molar-refractivity contribution < 1.29 is 9.53 Å². The maximum absolute atomic E-state index is 11.5. The molecule has 2 nitrogen and oxygen atoms in total. The van der Waals surface area contributed by atoms with Gasteiger partial charge in [0.05, 0.1) is 12.2 Å². The van der Waals surface area contributed by atoms with Crippen LogP contribution in [-0.4, -0.2) is 18.0 Å². The molecule has 1 aliphatic heterocycles. The van der Waals surface area contributed by atoms with Gasteiger partial charge in [0, 0.05) is 5.92 Å². The fourth-order valence-corrected chi connectivity index (χ4v) is 2.74. The first kappa shape index (κ1) is 13.3. The molecule has 3 atom stereocenters. The second-order valence-electron chi connectivity index (χ2n) is 5.37. The monoisotopic (exact) mass is 246 g/mol. The Morgan fingerprint density at radius 1 is 1.28 bits per heavy atom. The van der Waals surface area contributed by atoms with E-state index in [1.54, 1.807) is 6.92 Å². The fraction of sp³-hybridized carbons (Fsp3) is 0.562. The van der Waals surface area contributed by atoms with Gasteiger partial charge in [-0.15, -0.1) is 0 Å². The highest BCUT2D eigenvalue weighted by Crippen LogP contribution is 2.28. The summed E-state index contributed by atoms with van der Waals surface area (Å²) >= 11 is 0. The Kier molecular flexibility index (Phi) is 4.54. The third kappa shape index (κ3) is 3.67. The van der Waals surface area contributed by atoms with Crippen molar-refractivity contribution in [2.75, 3.05) is 0 Å². The maximum Gasteiger partial charge on any atom is 0.133 e. The smallest absolute Gasteiger partial charge is 0.133 e. The molecule has 98 valence electrons. The van der Waals surface area contributed by atoms with E-state index in [4.69, 9.17) is 4.74 Å². The molecule has 1 aromatic rings. The molecule has 2 heteroatoms. The average molecular weight is 246 g/mol. The zero-order chi connectivity index (χ0) is 13.0. The molecule has 0 bridgehead atoms. The Balaban J connectivity index is 1.87. The highest BCUT2D eigenvalue weighted by molar-refractivity contribution is 5.78. The van der Waals surface area contributed by atoms with Gasteiger partial charge in [-0.2, -0.15) is 0 Å². The van der Waals surface area contributed by atoms with E-state index in [0.717, 1.165) is 25.7 Å². The fourth-order valence-electron chi connectivity index (χ4n) is 2.74. The molecule has 1 saturated heterocycles. The molecular weight excluding hydrogens is 224 g/mol. The van der Waals surface area contributed by atoms with Crippen LogP contribution in [0.4, 0.5) is 0 Å². The van der Waals surface area contributed by atoms with Crippen LogP contribution < -0.4 is 0 Å². The van der Waals surface area contributed by atoms with Crippen LogP contribution in [0.2, 0.25) is 0 Å². The Hall–Kier alpha value is -1.15. The minimum atomic E-state index is 0.203. The number of Topliss-reactive ketones (excluding diaryl/α,β-unsaturated/α-hetero) is 1. The molecule has 0 aliphatic carbocycles. The normalized spacial score (nSPS) is 28.0. The van der Waals surface area contributed by atoms with Gasteiger partial charge >= 0.3 is 0 Å². The van der Waals surface area contributed by atoms with Crippen LogP contribution in [-0.2, 0) is 16.0 Å². The largest absolute Gasteiger partial charge is 0.375 e. The SMILES string of the molecule is CC(=O)[C@@H]1C[C@@H](CCc2ccccc2)O[C@@H](C)C1. The first-order valence-corrected chi connectivity index (χ1v) is 6.85. The van der Waals surface area contributed by atoms with Crippen molar-refractivity contribution >= 4 is 5.78 Å². The number of rotatable bonds is 4. The highest BCUT2D eigenvalue weighted by Gasteiger charge is 2.29. The predicted octanol–water partition coefficient (Wildman–Crippen LogP) is 3.39. The Labute approximate surface area is 109 Å². The van der Waals surface area contributed by atoms with Crippen molar-refractivity contribution in [1.29, 1.82) is 0 Å². The Bertz CT molecular complexity index is 385. The summed E-state index contributed by atoms with van der Waals surface area (Å²) in [4.78, 5) is 11.5. The first-order chi connectivity index (χ1) is 8.65. The Morgan fingerprint density at radius 3 is 2.67 bits per heavy atom. The summed E-state index contributed by atoms with van der Waals surface area (Å²) in [5.74, 6) is 0.518. The standard InChI is InChI=1S/C16H22O2/c1-12-10-15(13(2)17)11-16(18-12)9-8-14-6-4-3-5-7-14/h3-7,12,15-16H,8-11H2,1-2H3/t12-,15-,16+/m0/s1. The summed E-state index contributed by atoms with van der Waals surface area (Å²) in [7, 11) is 0. The van der Waals surface area contributed by atoms with Crippen molar-refractivity contribution in [2.24, 2.45) is 5.92 Å². The first-order valence-electron chi connectivity index (χ1n) is 6.85. The maximum atomic E-state index is 11.5. The van der Waals surface area contributed by atoms with E-state index in [-0.39, 0.29) is 18.1 Å². The van der Waals surface area contributed by atoms with Crippen molar-refractivity contribution in [3.8, 4) is 0 Å². The van der Waals surface area contributed by atoms with E-state index >= 15 is 0 Å². The van der Waals surface area contributed by atoms with Gasteiger partial charge in [0.25, 0.3) is 0 Å². The molecule has 0 N–H and O–H groups in total. The summed E-state index contributed by atoms with van der Waals surface area (Å²) in [6.07, 6.45) is 4.28. The number of hydrogen-bond donors (Lipinski definition) is 0. The number of ether oxygens (including phenoxy) is 1. The lowest BCUT2D eigenvalue weighted by atomic mass is 9.87. The van der Waals surface area contributed by atoms with Crippen molar-refractivity contribution in [3.63, 3.8) is 0 Å². The number of benzene rings is 1. The molecule has 2 rings (SSSR count). The second-order valence-corrected chi connectivity index (χ2v) is 5.37. The number of carbonyl (C=O) groups excluding carboxylic acids is 1. The van der Waals surface area contributed by atoms with Gasteiger partial charge in [-0.25, -0.2) is 0 Å². The Morgan fingerprint density at radius 2 is 2.00 bits per heavy atom. The van der Waals surface area contributed by atoms with E-state index in [9.17, 15) is 4.79 Å². The third-order valence-electron chi connectivity index (χ3n) is 3.76. The minimum Gasteiger partial charge on any atom is -0.375 e. The van der Waals surface area contributed by atoms with Crippen molar-refractivity contribution in [1.82, 2.24) is 0 Å². The van der Waals surface area contributed by atoms with Gasteiger partial charge in [0.2, 0.25) is 0 Å². The number of aryl methyl sites for hydroxylation is 1. The quantitative estimate of drug-likeness (QED) is 0.814. The van der Waals surface area contributed by atoms with Crippen molar-refractivity contribution in [3.05, 3.63) is 35.9 Å². The summed E-state index contributed by atoms with van der Waals surface area (Å²) in [6.45, 7) is 3.78. The molecule has 1 heterocycles. The van der Waals surface area contributed by atoms with E-state index in [2.05, 4.69) is 31.2 Å². The number of ketones is 1. The van der Waals surface area contributed by atoms with E-state index in [1.807, 2.05) is 6.07 Å². The summed E-state index contributed by atoms with van der Waals surface area (Å²) in [6, 6.07) is 10.5. The molecule has 0 saturated carbocycles. The van der Waals surface area contributed by atoms with E-state index in [1.165, 1.54) is 5.56 Å². The summed E-state index contributed by atoms with van der Waals surface area (Å²) in [5, 5.41) is 0. The molecule has 0 amide bonds. The van der Waals surface area contributed by atoms with Crippen LogP contribution in [0, 0.1) is 5.92 Å². The molecule has 1 aliphatic rings. The topological polar surface area (TPSA) is 26.3 Å². The molecule has 0 radical (unpaired) electrons. The van der Waals surface area contributed by atoms with E-state index < -0.39 is 0 Å². The van der Waals surface area contributed by atoms with Gasteiger partial charge in [-0.1, -0.05) is 30.3 Å². The van der Waals surface area contributed by atoms with Crippen LogP contribution in [0.3, 0.4) is 0 Å².